The number of aryl methyl sites for hydroxylation is 1. The van der Waals surface area contributed by atoms with Gasteiger partial charge in [-0.2, -0.15) is 4.98 Å². The normalized spacial score (nSPS) is 13.3. The second-order valence-corrected chi connectivity index (χ2v) is 7.20. The zero-order chi connectivity index (χ0) is 21.3. The number of carboxylic acids is 1. The molecule has 1 aliphatic rings. The molecule has 0 saturated heterocycles. The Balaban J connectivity index is 1.64. The van der Waals surface area contributed by atoms with Crippen molar-refractivity contribution in [3.63, 3.8) is 0 Å². The summed E-state index contributed by atoms with van der Waals surface area (Å²) >= 11 is 6.31. The monoisotopic (exact) mass is 422 g/mol. The summed E-state index contributed by atoms with van der Waals surface area (Å²) in [4.78, 5) is 18.7. The van der Waals surface area contributed by atoms with Crippen LogP contribution in [0.3, 0.4) is 0 Å². The molecule has 2 N–H and O–H groups in total. The van der Waals surface area contributed by atoms with Crippen LogP contribution in [-0.4, -0.2) is 21.0 Å². The Bertz CT molecular complexity index is 1300. The molecule has 30 heavy (non-hydrogen) atoms. The summed E-state index contributed by atoms with van der Waals surface area (Å²) in [5.74, 6) is 4.78. The molecule has 0 bridgehead atoms. The van der Waals surface area contributed by atoms with Gasteiger partial charge < -0.3 is 14.8 Å². The van der Waals surface area contributed by atoms with Crippen LogP contribution in [0.4, 0.5) is 4.39 Å². The van der Waals surface area contributed by atoms with Gasteiger partial charge in [0.05, 0.1) is 21.6 Å². The maximum absolute atomic E-state index is 13.8. The van der Waals surface area contributed by atoms with E-state index in [4.69, 9.17) is 16.3 Å². The van der Waals surface area contributed by atoms with Crippen LogP contribution in [0.25, 0.3) is 11.0 Å². The van der Waals surface area contributed by atoms with Crippen LogP contribution in [0.1, 0.15) is 34.3 Å². The van der Waals surface area contributed by atoms with E-state index in [1.165, 1.54) is 12.1 Å². The van der Waals surface area contributed by atoms with Crippen molar-refractivity contribution in [3.8, 4) is 23.6 Å². The van der Waals surface area contributed by atoms with Gasteiger partial charge in [0, 0.05) is 11.1 Å². The third-order valence-electron chi connectivity index (χ3n) is 4.66. The summed E-state index contributed by atoms with van der Waals surface area (Å²) < 4.78 is 19.5. The molecule has 0 spiro atoms. The first-order valence-electron chi connectivity index (χ1n) is 9.19. The molecule has 5 nitrogen and oxygen atoms in total. The van der Waals surface area contributed by atoms with Crippen molar-refractivity contribution < 1.29 is 19.0 Å². The molecule has 3 aromatic rings. The number of nitrogens with one attached hydrogen (secondary N) is 1. The van der Waals surface area contributed by atoms with Gasteiger partial charge in [-0.1, -0.05) is 35.6 Å². The summed E-state index contributed by atoms with van der Waals surface area (Å²) in [7, 11) is 0. The number of aromatic carboxylic acids is 1. The maximum Gasteiger partial charge on any atom is 0.336 e. The average Bonchev–Trinajstić information content (AvgIpc) is 3.09. The SMILES string of the molecule is Cc1ccc(Oc2nc3cc(Cl)c(C#CC4=C(F)C=CCC4)cc3[nH]2)cc1C(=O)O. The highest BCUT2D eigenvalue weighted by Crippen LogP contribution is 2.28. The van der Waals surface area contributed by atoms with E-state index in [9.17, 15) is 14.3 Å². The first kappa shape index (κ1) is 19.7. The number of fused-ring (bicyclic) bond motifs is 1. The third kappa shape index (κ3) is 4.07. The molecule has 0 aliphatic heterocycles. The number of nitrogens with zero attached hydrogens (tertiary/aromatic N) is 1. The fraction of sp³-hybridized carbons (Fsp3) is 0.130. The van der Waals surface area contributed by atoms with E-state index in [0.29, 0.717) is 44.9 Å². The minimum absolute atomic E-state index is 0.156. The molecule has 4 rings (SSSR count). The van der Waals surface area contributed by atoms with Crippen molar-refractivity contribution >= 4 is 28.6 Å². The van der Waals surface area contributed by atoms with Crippen LogP contribution < -0.4 is 4.74 Å². The van der Waals surface area contributed by atoms with Crippen molar-refractivity contribution in [1.29, 1.82) is 0 Å². The number of H-pyrrole nitrogens is 1. The Morgan fingerprint density at radius 3 is 2.90 bits per heavy atom. The molecule has 0 fully saturated rings. The number of halogens is 2. The number of benzene rings is 2. The Labute approximate surface area is 176 Å². The molecular weight excluding hydrogens is 407 g/mol. The van der Waals surface area contributed by atoms with Crippen LogP contribution >= 0.6 is 11.6 Å². The lowest BCUT2D eigenvalue weighted by molar-refractivity contribution is 0.0695. The highest BCUT2D eigenvalue weighted by molar-refractivity contribution is 6.32. The smallest absolute Gasteiger partial charge is 0.336 e. The van der Waals surface area contributed by atoms with Gasteiger partial charge >= 0.3 is 5.97 Å². The van der Waals surface area contributed by atoms with Crippen molar-refractivity contribution in [2.24, 2.45) is 0 Å². The highest BCUT2D eigenvalue weighted by atomic mass is 35.5. The van der Waals surface area contributed by atoms with Crippen molar-refractivity contribution in [1.82, 2.24) is 9.97 Å². The van der Waals surface area contributed by atoms with Gasteiger partial charge in [-0.25, -0.2) is 9.18 Å². The zero-order valence-electron chi connectivity index (χ0n) is 15.9. The lowest BCUT2D eigenvalue weighted by Gasteiger charge is -2.05. The molecule has 7 heteroatoms. The summed E-state index contributed by atoms with van der Waals surface area (Å²) in [6.07, 6.45) is 4.52. The Morgan fingerprint density at radius 1 is 1.30 bits per heavy atom. The van der Waals surface area contributed by atoms with Crippen LogP contribution in [0.5, 0.6) is 11.8 Å². The number of carbonyl (C=O) groups is 1. The second kappa shape index (κ2) is 8.05. The Hall–Kier alpha value is -3.56. The topological polar surface area (TPSA) is 75.2 Å². The zero-order valence-corrected chi connectivity index (χ0v) is 16.7. The van der Waals surface area contributed by atoms with Gasteiger partial charge in [-0.05, 0) is 55.7 Å². The molecule has 0 unspecified atom stereocenters. The van der Waals surface area contributed by atoms with E-state index in [1.54, 1.807) is 37.3 Å². The van der Waals surface area contributed by atoms with Crippen LogP contribution in [0, 0.1) is 18.8 Å². The average molecular weight is 423 g/mol. The molecule has 0 radical (unpaired) electrons. The number of aromatic amines is 1. The van der Waals surface area contributed by atoms with Crippen molar-refractivity contribution in [3.05, 3.63) is 75.6 Å². The number of hydrogen-bond donors (Lipinski definition) is 2. The fourth-order valence-corrected chi connectivity index (χ4v) is 3.26. The van der Waals surface area contributed by atoms with Crippen LogP contribution in [0.15, 0.2) is 53.9 Å². The predicted octanol–water partition coefficient (Wildman–Crippen LogP) is 5.94. The molecule has 1 heterocycles. The summed E-state index contributed by atoms with van der Waals surface area (Å²) in [5, 5.41) is 9.65. The van der Waals surface area contributed by atoms with E-state index in [1.807, 2.05) is 0 Å². The molecule has 0 saturated carbocycles. The predicted molar refractivity (Wildman–Crippen MR) is 113 cm³/mol. The number of allylic oxidation sites excluding steroid dienone is 4. The molecule has 1 aliphatic carbocycles. The molecule has 0 atom stereocenters. The number of carboxylic acid groups (broad SMARTS) is 1. The Kier molecular flexibility index (Phi) is 5.30. The number of hydrogen-bond acceptors (Lipinski definition) is 3. The van der Waals surface area contributed by atoms with E-state index in [2.05, 4.69) is 21.8 Å². The lowest BCUT2D eigenvalue weighted by Crippen LogP contribution is -2.00. The van der Waals surface area contributed by atoms with Gasteiger partial charge in [0.1, 0.15) is 11.6 Å². The van der Waals surface area contributed by atoms with Gasteiger partial charge in [0.15, 0.2) is 0 Å². The largest absolute Gasteiger partial charge is 0.478 e. The molecule has 1 aromatic heterocycles. The number of imidazole rings is 1. The van der Waals surface area contributed by atoms with Gasteiger partial charge in [0.25, 0.3) is 6.01 Å². The fourth-order valence-electron chi connectivity index (χ4n) is 3.06. The molecule has 2 aromatic carbocycles. The Morgan fingerprint density at radius 2 is 2.13 bits per heavy atom. The molecule has 150 valence electrons. The van der Waals surface area contributed by atoms with E-state index in [-0.39, 0.29) is 17.4 Å². The maximum atomic E-state index is 13.8. The van der Waals surface area contributed by atoms with E-state index >= 15 is 0 Å². The quantitative estimate of drug-likeness (QED) is 0.512. The second-order valence-electron chi connectivity index (χ2n) is 6.79. The molecular formula is C23H16ClFN2O3. The number of rotatable bonds is 3. The first-order chi connectivity index (χ1) is 14.4. The summed E-state index contributed by atoms with van der Waals surface area (Å²) in [6.45, 7) is 1.71. The van der Waals surface area contributed by atoms with E-state index in [0.717, 1.165) is 6.42 Å². The number of aromatic nitrogens is 2. The summed E-state index contributed by atoms with van der Waals surface area (Å²) in [5.41, 5.74) is 2.99. The van der Waals surface area contributed by atoms with Crippen LogP contribution in [0.2, 0.25) is 5.02 Å². The van der Waals surface area contributed by atoms with Gasteiger partial charge in [-0.3, -0.25) is 0 Å². The lowest BCUT2D eigenvalue weighted by atomic mass is 10.0. The van der Waals surface area contributed by atoms with Crippen LogP contribution in [-0.2, 0) is 0 Å². The molecule has 0 amide bonds. The van der Waals surface area contributed by atoms with Crippen molar-refractivity contribution in [2.45, 2.75) is 19.8 Å². The van der Waals surface area contributed by atoms with Gasteiger partial charge in [-0.15, -0.1) is 0 Å². The highest BCUT2D eigenvalue weighted by Gasteiger charge is 2.12. The minimum Gasteiger partial charge on any atom is -0.478 e. The third-order valence-corrected chi connectivity index (χ3v) is 4.98. The van der Waals surface area contributed by atoms with Gasteiger partial charge in [0.2, 0.25) is 0 Å². The standard InChI is InChI=1S/C23H16ClFN2O3/c1-13-6-9-16(11-17(13)22(28)29)30-23-26-20-10-15(18(24)12-21(20)27-23)8-7-14-4-2-3-5-19(14)25/h3,5-6,9-12H,2,4H2,1H3,(H,26,27)(H,28,29). The first-order valence-corrected chi connectivity index (χ1v) is 9.57. The van der Waals surface area contributed by atoms with Crippen molar-refractivity contribution in [2.75, 3.05) is 0 Å². The minimum atomic E-state index is -1.03. The van der Waals surface area contributed by atoms with E-state index < -0.39 is 5.97 Å². The number of ether oxygens (including phenoxy) is 1. The summed E-state index contributed by atoms with van der Waals surface area (Å²) in [6, 6.07) is 8.33.